The van der Waals surface area contributed by atoms with Crippen LogP contribution in [0.4, 0.5) is 0 Å². The molecule has 0 bridgehead atoms. The minimum atomic E-state index is 0.334. The Hall–Kier alpha value is -2.01. The first-order valence-corrected chi connectivity index (χ1v) is 9.75. The Kier molecular flexibility index (Phi) is 5.16. The van der Waals surface area contributed by atoms with Gasteiger partial charge in [-0.3, -0.25) is 4.90 Å². The lowest BCUT2D eigenvalue weighted by atomic mass is 9.98. The lowest BCUT2D eigenvalue weighted by Gasteiger charge is -2.30. The van der Waals surface area contributed by atoms with E-state index in [1.54, 1.807) is 0 Å². The number of ether oxygens (including phenoxy) is 2. The molecule has 1 aromatic carbocycles. The van der Waals surface area contributed by atoms with Crippen LogP contribution in [0.25, 0.3) is 0 Å². The van der Waals surface area contributed by atoms with Crippen molar-refractivity contribution >= 4 is 0 Å². The molecule has 0 saturated carbocycles. The Labute approximate surface area is 155 Å². The highest BCUT2D eigenvalue weighted by atomic mass is 16.7. The van der Waals surface area contributed by atoms with Crippen LogP contribution in [0.15, 0.2) is 28.8 Å². The molecule has 1 fully saturated rings. The Balaban J connectivity index is 1.43. The second-order valence-electron chi connectivity index (χ2n) is 7.73. The highest BCUT2D eigenvalue weighted by Crippen LogP contribution is 2.34. The molecule has 2 atom stereocenters. The molecular formula is C21H28N2O3. The maximum Gasteiger partial charge on any atom is 0.231 e. The number of fused-ring (bicyclic) bond motifs is 1. The van der Waals surface area contributed by atoms with Crippen molar-refractivity contribution in [3.8, 4) is 11.5 Å². The Morgan fingerprint density at radius 1 is 1.15 bits per heavy atom. The van der Waals surface area contributed by atoms with Gasteiger partial charge < -0.3 is 14.0 Å². The highest BCUT2D eigenvalue weighted by molar-refractivity contribution is 5.44. The summed E-state index contributed by atoms with van der Waals surface area (Å²) < 4.78 is 16.5. The first kappa shape index (κ1) is 17.4. The van der Waals surface area contributed by atoms with Gasteiger partial charge in [-0.05, 0) is 56.3 Å². The molecular weight excluding hydrogens is 328 g/mol. The van der Waals surface area contributed by atoms with Gasteiger partial charge in [-0.25, -0.2) is 0 Å². The third kappa shape index (κ3) is 3.88. The maximum atomic E-state index is 5.62. The molecule has 0 N–H and O–H groups in total. The first-order chi connectivity index (χ1) is 12.7. The van der Waals surface area contributed by atoms with E-state index >= 15 is 0 Å². The summed E-state index contributed by atoms with van der Waals surface area (Å²) in [5.74, 6) is 3.31. The van der Waals surface area contributed by atoms with E-state index < -0.39 is 0 Å². The third-order valence-corrected chi connectivity index (χ3v) is 5.41. The number of aryl methyl sites for hydroxylation is 1. The van der Waals surface area contributed by atoms with Crippen molar-refractivity contribution in [1.82, 2.24) is 10.1 Å². The average molecular weight is 356 g/mol. The normalized spacial score (nSPS) is 21.5. The van der Waals surface area contributed by atoms with Crippen molar-refractivity contribution in [1.29, 1.82) is 0 Å². The van der Waals surface area contributed by atoms with Crippen LogP contribution >= 0.6 is 0 Å². The van der Waals surface area contributed by atoms with Gasteiger partial charge in [-0.1, -0.05) is 31.0 Å². The molecule has 5 nitrogen and oxygen atoms in total. The fraction of sp³-hybridized carbons (Fsp3) is 0.571. The summed E-state index contributed by atoms with van der Waals surface area (Å²) in [6, 6.07) is 8.77. The van der Waals surface area contributed by atoms with Gasteiger partial charge in [0.1, 0.15) is 0 Å². The molecule has 1 saturated heterocycles. The van der Waals surface area contributed by atoms with E-state index in [1.165, 1.54) is 24.8 Å². The number of hydrogen-bond donors (Lipinski definition) is 0. The molecule has 0 aliphatic carbocycles. The molecule has 3 heterocycles. The van der Waals surface area contributed by atoms with Gasteiger partial charge in [0.25, 0.3) is 0 Å². The summed E-state index contributed by atoms with van der Waals surface area (Å²) in [4.78, 5) is 2.60. The first-order valence-electron chi connectivity index (χ1n) is 9.75. The summed E-state index contributed by atoms with van der Waals surface area (Å²) in [6.07, 6.45) is 6.02. The van der Waals surface area contributed by atoms with Gasteiger partial charge in [0.15, 0.2) is 17.3 Å². The van der Waals surface area contributed by atoms with Crippen molar-refractivity contribution in [2.24, 2.45) is 5.92 Å². The lowest BCUT2D eigenvalue weighted by Crippen LogP contribution is -2.33. The predicted octanol–water partition coefficient (Wildman–Crippen LogP) is 4.51. The van der Waals surface area contributed by atoms with E-state index in [1.807, 2.05) is 13.0 Å². The van der Waals surface area contributed by atoms with Crippen LogP contribution in [0.5, 0.6) is 11.5 Å². The van der Waals surface area contributed by atoms with Crippen molar-refractivity contribution in [3.63, 3.8) is 0 Å². The Morgan fingerprint density at radius 2 is 2.04 bits per heavy atom. The fourth-order valence-electron chi connectivity index (χ4n) is 4.18. The molecule has 0 radical (unpaired) electrons. The molecule has 0 spiro atoms. The molecule has 2 aliphatic heterocycles. The van der Waals surface area contributed by atoms with Crippen molar-refractivity contribution < 1.29 is 14.0 Å². The number of hydrogen-bond acceptors (Lipinski definition) is 5. The van der Waals surface area contributed by atoms with Crippen LogP contribution in [0.1, 0.15) is 55.7 Å². The maximum absolute atomic E-state index is 5.62. The van der Waals surface area contributed by atoms with Crippen molar-refractivity contribution in [3.05, 3.63) is 41.3 Å². The van der Waals surface area contributed by atoms with Gasteiger partial charge in [-0.2, -0.15) is 0 Å². The molecule has 0 amide bonds. The zero-order chi connectivity index (χ0) is 17.9. The van der Waals surface area contributed by atoms with E-state index in [0.29, 0.717) is 18.8 Å². The smallest absolute Gasteiger partial charge is 0.231 e. The molecule has 5 heteroatoms. The summed E-state index contributed by atoms with van der Waals surface area (Å²) in [6.45, 7) is 6.86. The topological polar surface area (TPSA) is 47.7 Å². The summed E-state index contributed by atoms with van der Waals surface area (Å²) >= 11 is 0. The SMILES string of the molecule is Cc1cc([C@H]2CCCCCN2C[C@H](C)Cc2ccc3c(c2)OCO3)on1. The van der Waals surface area contributed by atoms with Crippen LogP contribution in [0.3, 0.4) is 0 Å². The van der Waals surface area contributed by atoms with Gasteiger partial charge in [-0.15, -0.1) is 0 Å². The molecule has 140 valence electrons. The average Bonchev–Trinajstić information content (AvgIpc) is 3.19. The number of nitrogens with zero attached hydrogens (tertiary/aromatic N) is 2. The van der Waals surface area contributed by atoms with E-state index in [2.05, 4.69) is 35.2 Å². The van der Waals surface area contributed by atoms with Crippen LogP contribution in [-0.2, 0) is 6.42 Å². The Bertz CT molecular complexity index is 743. The summed E-state index contributed by atoms with van der Waals surface area (Å²) in [5.41, 5.74) is 2.28. The minimum Gasteiger partial charge on any atom is -0.454 e. The van der Waals surface area contributed by atoms with E-state index in [9.17, 15) is 0 Å². The van der Waals surface area contributed by atoms with E-state index in [0.717, 1.165) is 48.9 Å². The van der Waals surface area contributed by atoms with Gasteiger partial charge in [0, 0.05) is 12.6 Å². The number of likely N-dealkylation sites (tertiary alicyclic amines) is 1. The molecule has 1 aromatic heterocycles. The monoisotopic (exact) mass is 356 g/mol. The minimum absolute atomic E-state index is 0.334. The van der Waals surface area contributed by atoms with Crippen LogP contribution in [0, 0.1) is 12.8 Å². The zero-order valence-electron chi connectivity index (χ0n) is 15.7. The Morgan fingerprint density at radius 3 is 2.88 bits per heavy atom. The second kappa shape index (κ2) is 7.70. The molecule has 2 aliphatic rings. The summed E-state index contributed by atoms with van der Waals surface area (Å²) in [7, 11) is 0. The number of aromatic nitrogens is 1. The number of rotatable bonds is 5. The standard InChI is InChI=1S/C21H28N2O3/c1-15(10-17-7-8-19-21(12-17)25-14-24-19)13-23-9-5-3-4-6-18(23)20-11-16(2)22-26-20/h7-8,11-12,15,18H,3-6,9-10,13-14H2,1-2H3/t15-,18-/m1/s1. The molecule has 4 rings (SSSR count). The largest absolute Gasteiger partial charge is 0.454 e. The zero-order valence-corrected chi connectivity index (χ0v) is 15.7. The predicted molar refractivity (Wildman–Crippen MR) is 99.5 cm³/mol. The second-order valence-corrected chi connectivity index (χ2v) is 7.73. The lowest BCUT2D eigenvalue weighted by molar-refractivity contribution is 0.147. The van der Waals surface area contributed by atoms with Gasteiger partial charge in [0.05, 0.1) is 11.7 Å². The van der Waals surface area contributed by atoms with Crippen molar-refractivity contribution in [2.45, 2.75) is 52.0 Å². The van der Waals surface area contributed by atoms with E-state index in [4.69, 9.17) is 14.0 Å². The highest BCUT2D eigenvalue weighted by Gasteiger charge is 2.27. The van der Waals surface area contributed by atoms with Crippen LogP contribution < -0.4 is 9.47 Å². The van der Waals surface area contributed by atoms with Crippen molar-refractivity contribution in [2.75, 3.05) is 19.9 Å². The van der Waals surface area contributed by atoms with Gasteiger partial charge in [0.2, 0.25) is 6.79 Å². The quantitative estimate of drug-likeness (QED) is 0.789. The van der Waals surface area contributed by atoms with Gasteiger partial charge >= 0.3 is 0 Å². The molecule has 0 unspecified atom stereocenters. The van der Waals surface area contributed by atoms with Crippen LogP contribution in [-0.4, -0.2) is 29.9 Å². The summed E-state index contributed by atoms with van der Waals surface area (Å²) in [5, 5.41) is 4.11. The van der Waals surface area contributed by atoms with E-state index in [-0.39, 0.29) is 0 Å². The fourth-order valence-corrected chi connectivity index (χ4v) is 4.18. The number of benzene rings is 1. The third-order valence-electron chi connectivity index (χ3n) is 5.41. The molecule has 2 aromatic rings. The van der Waals surface area contributed by atoms with Crippen LogP contribution in [0.2, 0.25) is 0 Å². The molecule has 26 heavy (non-hydrogen) atoms.